The SMILES string of the molecule is NCC1CN(c2cc(C3CC=CC3)ncn2)C1. The van der Waals surface area contributed by atoms with Gasteiger partial charge in [0.05, 0.1) is 0 Å². The highest BCUT2D eigenvalue weighted by Gasteiger charge is 2.27. The van der Waals surface area contributed by atoms with Crippen LogP contribution in [0.4, 0.5) is 5.82 Å². The molecule has 1 aliphatic heterocycles. The van der Waals surface area contributed by atoms with E-state index in [0.717, 1.165) is 38.3 Å². The quantitative estimate of drug-likeness (QED) is 0.795. The van der Waals surface area contributed by atoms with Crippen LogP contribution in [0.5, 0.6) is 0 Å². The van der Waals surface area contributed by atoms with Gasteiger partial charge in [0.2, 0.25) is 0 Å². The van der Waals surface area contributed by atoms with Gasteiger partial charge in [-0.25, -0.2) is 9.97 Å². The van der Waals surface area contributed by atoms with E-state index in [-0.39, 0.29) is 0 Å². The van der Waals surface area contributed by atoms with Crippen molar-refractivity contribution in [3.8, 4) is 0 Å². The third kappa shape index (κ3) is 2.05. The van der Waals surface area contributed by atoms with Crippen LogP contribution in [-0.2, 0) is 0 Å². The summed E-state index contributed by atoms with van der Waals surface area (Å²) in [4.78, 5) is 11.0. The maximum atomic E-state index is 5.64. The zero-order valence-electron chi connectivity index (χ0n) is 9.92. The summed E-state index contributed by atoms with van der Waals surface area (Å²) in [6.07, 6.45) is 8.39. The first-order valence-corrected chi connectivity index (χ1v) is 6.29. The van der Waals surface area contributed by atoms with Crippen molar-refractivity contribution in [2.75, 3.05) is 24.5 Å². The van der Waals surface area contributed by atoms with Crippen LogP contribution in [0.1, 0.15) is 24.5 Å². The van der Waals surface area contributed by atoms with Gasteiger partial charge in [-0.05, 0) is 19.4 Å². The molecule has 90 valence electrons. The molecule has 2 aliphatic rings. The van der Waals surface area contributed by atoms with Gasteiger partial charge in [-0.1, -0.05) is 12.2 Å². The number of aromatic nitrogens is 2. The van der Waals surface area contributed by atoms with Gasteiger partial charge < -0.3 is 10.6 Å². The van der Waals surface area contributed by atoms with Crippen LogP contribution in [0.25, 0.3) is 0 Å². The standard InChI is InChI=1S/C13H18N4/c14-6-10-7-17(8-10)13-5-12(15-9-16-13)11-3-1-2-4-11/h1-2,5,9-11H,3-4,6-8,14H2. The zero-order valence-corrected chi connectivity index (χ0v) is 9.92. The molecule has 2 heterocycles. The normalized spacial score (nSPS) is 20.9. The average Bonchev–Trinajstić information content (AvgIpc) is 2.81. The molecule has 17 heavy (non-hydrogen) atoms. The molecule has 0 unspecified atom stereocenters. The Morgan fingerprint density at radius 1 is 1.24 bits per heavy atom. The van der Waals surface area contributed by atoms with E-state index >= 15 is 0 Å². The molecule has 0 atom stereocenters. The van der Waals surface area contributed by atoms with E-state index in [4.69, 9.17) is 5.73 Å². The Balaban J connectivity index is 1.71. The lowest BCUT2D eigenvalue weighted by Gasteiger charge is -2.39. The Hall–Kier alpha value is -1.42. The minimum atomic E-state index is 0.559. The number of rotatable bonds is 3. The lowest BCUT2D eigenvalue weighted by molar-refractivity contribution is 0.416. The molecule has 0 aromatic carbocycles. The van der Waals surface area contributed by atoms with Crippen molar-refractivity contribution < 1.29 is 0 Å². The van der Waals surface area contributed by atoms with Crippen molar-refractivity contribution in [2.24, 2.45) is 11.7 Å². The van der Waals surface area contributed by atoms with Crippen LogP contribution in [0.2, 0.25) is 0 Å². The van der Waals surface area contributed by atoms with Gasteiger partial charge >= 0.3 is 0 Å². The topological polar surface area (TPSA) is 55.0 Å². The summed E-state index contributed by atoms with van der Waals surface area (Å²) in [5.41, 5.74) is 6.81. The number of nitrogens with two attached hydrogens (primary N) is 1. The van der Waals surface area contributed by atoms with Crippen LogP contribution in [0.15, 0.2) is 24.5 Å². The van der Waals surface area contributed by atoms with Crippen molar-refractivity contribution in [2.45, 2.75) is 18.8 Å². The molecule has 4 nitrogen and oxygen atoms in total. The smallest absolute Gasteiger partial charge is 0.132 e. The summed E-state index contributed by atoms with van der Waals surface area (Å²) in [6, 6.07) is 2.14. The Labute approximate surface area is 102 Å². The van der Waals surface area contributed by atoms with Gasteiger partial charge in [0.1, 0.15) is 12.1 Å². The van der Waals surface area contributed by atoms with Crippen LogP contribution >= 0.6 is 0 Å². The van der Waals surface area contributed by atoms with Crippen molar-refractivity contribution in [1.29, 1.82) is 0 Å². The second-order valence-electron chi connectivity index (χ2n) is 4.95. The van der Waals surface area contributed by atoms with Crippen molar-refractivity contribution in [3.63, 3.8) is 0 Å². The van der Waals surface area contributed by atoms with E-state index in [9.17, 15) is 0 Å². The number of allylic oxidation sites excluding steroid dienone is 2. The second kappa shape index (κ2) is 4.45. The van der Waals surface area contributed by atoms with Gasteiger partial charge in [-0.2, -0.15) is 0 Å². The average molecular weight is 230 g/mol. The molecule has 0 radical (unpaired) electrons. The fraction of sp³-hybridized carbons (Fsp3) is 0.538. The predicted octanol–water partition coefficient (Wildman–Crippen LogP) is 1.31. The van der Waals surface area contributed by atoms with E-state index in [1.807, 2.05) is 0 Å². The zero-order chi connectivity index (χ0) is 11.7. The van der Waals surface area contributed by atoms with E-state index in [1.165, 1.54) is 5.69 Å². The van der Waals surface area contributed by atoms with Crippen molar-refractivity contribution >= 4 is 5.82 Å². The van der Waals surface area contributed by atoms with E-state index in [2.05, 4.69) is 33.1 Å². The molecule has 0 bridgehead atoms. The Morgan fingerprint density at radius 2 is 2.00 bits per heavy atom. The second-order valence-corrected chi connectivity index (χ2v) is 4.95. The highest BCUT2D eigenvalue weighted by molar-refractivity contribution is 5.43. The molecule has 1 saturated heterocycles. The molecule has 0 spiro atoms. The summed E-state index contributed by atoms with van der Waals surface area (Å²) in [5, 5.41) is 0. The molecule has 1 fully saturated rings. The van der Waals surface area contributed by atoms with Crippen molar-refractivity contribution in [1.82, 2.24) is 9.97 Å². The van der Waals surface area contributed by atoms with Gasteiger partial charge in [-0.15, -0.1) is 0 Å². The first-order valence-electron chi connectivity index (χ1n) is 6.29. The molecular formula is C13H18N4. The fourth-order valence-corrected chi connectivity index (χ4v) is 2.52. The van der Waals surface area contributed by atoms with E-state index in [1.54, 1.807) is 6.33 Å². The molecule has 1 aliphatic carbocycles. The first-order chi connectivity index (χ1) is 8.36. The molecule has 0 amide bonds. The molecule has 4 heteroatoms. The highest BCUT2D eigenvalue weighted by Crippen LogP contribution is 2.30. The van der Waals surface area contributed by atoms with Crippen LogP contribution in [0.3, 0.4) is 0 Å². The maximum absolute atomic E-state index is 5.64. The summed E-state index contributed by atoms with van der Waals surface area (Å²) in [6.45, 7) is 2.85. The number of hydrogen-bond acceptors (Lipinski definition) is 4. The minimum Gasteiger partial charge on any atom is -0.356 e. The molecule has 3 rings (SSSR count). The first kappa shape index (κ1) is 10.7. The Bertz CT molecular complexity index is 415. The third-order valence-corrected chi connectivity index (χ3v) is 3.71. The fourth-order valence-electron chi connectivity index (χ4n) is 2.52. The largest absolute Gasteiger partial charge is 0.356 e. The third-order valence-electron chi connectivity index (χ3n) is 3.71. The van der Waals surface area contributed by atoms with Crippen molar-refractivity contribution in [3.05, 3.63) is 30.2 Å². The van der Waals surface area contributed by atoms with Crippen LogP contribution in [0, 0.1) is 5.92 Å². The summed E-state index contributed by atoms with van der Waals surface area (Å²) in [7, 11) is 0. The Morgan fingerprint density at radius 3 is 2.71 bits per heavy atom. The summed E-state index contributed by atoms with van der Waals surface area (Å²) >= 11 is 0. The number of hydrogen-bond donors (Lipinski definition) is 1. The van der Waals surface area contributed by atoms with E-state index < -0.39 is 0 Å². The summed E-state index contributed by atoms with van der Waals surface area (Å²) < 4.78 is 0. The lowest BCUT2D eigenvalue weighted by atomic mass is 9.99. The van der Waals surface area contributed by atoms with Crippen LogP contribution < -0.4 is 10.6 Å². The molecule has 2 N–H and O–H groups in total. The Kier molecular flexibility index (Phi) is 2.81. The van der Waals surface area contributed by atoms with Gasteiger partial charge in [-0.3, -0.25) is 0 Å². The van der Waals surface area contributed by atoms with Gasteiger partial charge in [0, 0.05) is 36.7 Å². The van der Waals surface area contributed by atoms with Gasteiger partial charge in [0.25, 0.3) is 0 Å². The molecule has 1 aromatic heterocycles. The summed E-state index contributed by atoms with van der Waals surface area (Å²) in [5.74, 6) is 2.26. The number of nitrogens with zero attached hydrogens (tertiary/aromatic N) is 3. The predicted molar refractivity (Wildman–Crippen MR) is 67.9 cm³/mol. The lowest BCUT2D eigenvalue weighted by Crippen LogP contribution is -2.50. The molecule has 0 saturated carbocycles. The highest BCUT2D eigenvalue weighted by atomic mass is 15.2. The molecular weight excluding hydrogens is 212 g/mol. The number of anilines is 1. The monoisotopic (exact) mass is 230 g/mol. The van der Waals surface area contributed by atoms with Gasteiger partial charge in [0.15, 0.2) is 0 Å². The molecule has 1 aromatic rings. The van der Waals surface area contributed by atoms with Crippen LogP contribution in [-0.4, -0.2) is 29.6 Å². The minimum absolute atomic E-state index is 0.559. The maximum Gasteiger partial charge on any atom is 0.132 e. The van der Waals surface area contributed by atoms with E-state index in [0.29, 0.717) is 11.8 Å².